The van der Waals surface area contributed by atoms with Crippen molar-refractivity contribution in [3.8, 4) is 5.75 Å². The van der Waals surface area contributed by atoms with Gasteiger partial charge in [-0.3, -0.25) is 9.59 Å². The number of carbonyl (C=O) groups excluding carboxylic acids is 2. The molecule has 0 spiro atoms. The van der Waals surface area contributed by atoms with Crippen LogP contribution in [0.2, 0.25) is 0 Å². The molecule has 1 aromatic carbocycles. The molecule has 0 unspecified atom stereocenters. The second-order valence-electron chi connectivity index (χ2n) is 6.46. The number of ether oxygens (including phenoxy) is 1. The van der Waals surface area contributed by atoms with Gasteiger partial charge in [0, 0.05) is 9.75 Å². The lowest BCUT2D eigenvalue weighted by Gasteiger charge is -2.11. The van der Waals surface area contributed by atoms with Crippen molar-refractivity contribution >= 4 is 57.4 Å². The number of nitrogens with two attached hydrogens (primary N) is 2. The first-order valence-electron chi connectivity index (χ1n) is 8.93. The van der Waals surface area contributed by atoms with Crippen LogP contribution in [0.3, 0.4) is 0 Å². The molecule has 0 bridgehead atoms. The Morgan fingerprint density at radius 3 is 2.80 bits per heavy atom. The van der Waals surface area contributed by atoms with Crippen molar-refractivity contribution in [2.75, 3.05) is 19.4 Å². The number of thiophene rings is 1. The van der Waals surface area contributed by atoms with Crippen LogP contribution >= 0.6 is 11.3 Å². The summed E-state index contributed by atoms with van der Waals surface area (Å²) in [4.78, 5) is 31.7. The number of nitrogens with zero attached hydrogens (tertiary/aromatic N) is 2. The van der Waals surface area contributed by atoms with Gasteiger partial charge in [-0.25, -0.2) is 9.97 Å². The van der Waals surface area contributed by atoms with Gasteiger partial charge in [0.2, 0.25) is 5.91 Å². The maximum atomic E-state index is 12.4. The van der Waals surface area contributed by atoms with Crippen LogP contribution in [0.5, 0.6) is 5.75 Å². The maximum absolute atomic E-state index is 12.4. The molecule has 0 saturated heterocycles. The van der Waals surface area contributed by atoms with Gasteiger partial charge in [0.1, 0.15) is 17.9 Å². The lowest BCUT2D eigenvalue weighted by atomic mass is 10.0. The van der Waals surface area contributed by atoms with Gasteiger partial charge in [-0.05, 0) is 30.2 Å². The summed E-state index contributed by atoms with van der Waals surface area (Å²) in [6.07, 6.45) is 5.26. The number of amides is 2. The Morgan fingerprint density at radius 1 is 1.33 bits per heavy atom. The first-order valence-corrected chi connectivity index (χ1v) is 9.75. The van der Waals surface area contributed by atoms with Crippen molar-refractivity contribution in [3.05, 3.63) is 51.5 Å². The maximum Gasteiger partial charge on any atom is 0.255 e. The molecule has 8 nitrogen and oxygen atoms in total. The molecule has 154 valence electrons. The Morgan fingerprint density at radius 2 is 2.10 bits per heavy atom. The van der Waals surface area contributed by atoms with Gasteiger partial charge in [-0.15, -0.1) is 11.3 Å². The van der Waals surface area contributed by atoms with Crippen molar-refractivity contribution in [1.29, 1.82) is 0 Å². The first kappa shape index (κ1) is 21.0. The first-order chi connectivity index (χ1) is 14.3. The lowest BCUT2D eigenvalue weighted by Crippen LogP contribution is -2.33. The number of methoxy groups -OCH3 is 1. The van der Waals surface area contributed by atoms with Crippen molar-refractivity contribution in [2.24, 2.45) is 5.73 Å². The highest BCUT2D eigenvalue weighted by Gasteiger charge is 2.14. The number of carbonyl (C=O) groups is 2. The van der Waals surface area contributed by atoms with Crippen molar-refractivity contribution in [3.63, 3.8) is 0 Å². The third-order valence-corrected chi connectivity index (χ3v) is 5.51. The van der Waals surface area contributed by atoms with Crippen molar-refractivity contribution < 1.29 is 14.3 Å². The topological polar surface area (TPSA) is 133 Å². The fourth-order valence-corrected chi connectivity index (χ4v) is 3.80. The number of hydrogen-bond acceptors (Lipinski definition) is 7. The Kier molecular flexibility index (Phi) is 6.12. The number of anilines is 1. The van der Waals surface area contributed by atoms with Crippen LogP contribution in [0.1, 0.15) is 22.8 Å². The molecular formula is C21H21N5O3S. The van der Waals surface area contributed by atoms with E-state index < -0.39 is 11.8 Å². The number of rotatable bonds is 6. The van der Waals surface area contributed by atoms with Gasteiger partial charge in [-0.1, -0.05) is 24.8 Å². The summed E-state index contributed by atoms with van der Waals surface area (Å²) >= 11 is 1.44. The quantitative estimate of drug-likeness (QED) is 0.537. The Balaban J connectivity index is 2.00. The van der Waals surface area contributed by atoms with E-state index in [2.05, 4.69) is 21.9 Å². The number of nitrogen functional groups attached to an aromatic ring is 1. The second kappa shape index (κ2) is 8.75. The van der Waals surface area contributed by atoms with Crippen molar-refractivity contribution in [1.82, 2.24) is 15.3 Å². The van der Waals surface area contributed by atoms with Gasteiger partial charge in [0.15, 0.2) is 0 Å². The van der Waals surface area contributed by atoms with E-state index in [-0.39, 0.29) is 6.54 Å². The summed E-state index contributed by atoms with van der Waals surface area (Å²) in [7, 11) is 1.47. The highest BCUT2D eigenvalue weighted by atomic mass is 32.1. The Bertz CT molecular complexity index is 1280. The third-order valence-electron chi connectivity index (χ3n) is 4.43. The van der Waals surface area contributed by atoms with Crippen LogP contribution in [0.4, 0.5) is 5.82 Å². The molecule has 0 aliphatic carbocycles. The highest BCUT2D eigenvalue weighted by molar-refractivity contribution is 7.17. The molecule has 0 fully saturated rings. The minimum atomic E-state index is -0.624. The molecule has 2 heterocycles. The summed E-state index contributed by atoms with van der Waals surface area (Å²) in [6, 6.07) is 5.25. The summed E-state index contributed by atoms with van der Waals surface area (Å²) in [5.74, 6) is -0.244. The normalized spacial score (nSPS) is 12.2. The molecule has 2 aromatic heterocycles. The Labute approximate surface area is 176 Å². The van der Waals surface area contributed by atoms with Gasteiger partial charge in [-0.2, -0.15) is 0 Å². The van der Waals surface area contributed by atoms with Gasteiger partial charge < -0.3 is 21.5 Å². The molecule has 0 radical (unpaired) electrons. The number of fused-ring (bicyclic) bond motifs is 1. The van der Waals surface area contributed by atoms with Gasteiger partial charge >= 0.3 is 0 Å². The van der Waals surface area contributed by atoms with Crippen LogP contribution < -0.4 is 31.3 Å². The molecule has 0 aliphatic heterocycles. The number of allylic oxidation sites excluding steroid dienone is 2. The molecule has 30 heavy (non-hydrogen) atoms. The van der Waals surface area contributed by atoms with Crippen molar-refractivity contribution in [2.45, 2.75) is 6.92 Å². The van der Waals surface area contributed by atoms with E-state index in [4.69, 9.17) is 16.2 Å². The predicted octanol–water partition coefficient (Wildman–Crippen LogP) is 0.791. The zero-order valence-electron chi connectivity index (χ0n) is 16.6. The summed E-state index contributed by atoms with van der Waals surface area (Å²) in [6.45, 7) is 5.74. The largest absolute Gasteiger partial charge is 0.496 e. The number of hydrogen-bond donors (Lipinski definition) is 3. The molecule has 5 N–H and O–H groups in total. The summed E-state index contributed by atoms with van der Waals surface area (Å²) < 4.78 is 6.90. The SMILES string of the molecule is C=c1sc2c(N)ncnc2/c1=C/C=C(\C)c1ccc(OC)c(C(=O)NCC(N)=O)c1. The average molecular weight is 423 g/mol. The minimum absolute atomic E-state index is 0.253. The van der Waals surface area contributed by atoms with Crippen LogP contribution in [0.25, 0.3) is 28.4 Å². The number of primary amides is 1. The van der Waals surface area contributed by atoms with E-state index in [0.29, 0.717) is 17.1 Å². The monoisotopic (exact) mass is 423 g/mol. The molecule has 9 heteroatoms. The van der Waals surface area contributed by atoms with Gasteiger partial charge in [0.25, 0.3) is 5.91 Å². The molecule has 0 saturated carbocycles. The Hall–Kier alpha value is -3.72. The third kappa shape index (κ3) is 4.31. The predicted molar refractivity (Wildman–Crippen MR) is 119 cm³/mol. The lowest BCUT2D eigenvalue weighted by molar-refractivity contribution is -0.117. The van der Waals surface area contributed by atoms with E-state index in [1.54, 1.807) is 12.1 Å². The summed E-state index contributed by atoms with van der Waals surface area (Å²) in [5, 5.41) is 3.34. The standard InChI is InChI=1S/C21H21N5O3S/c1-11(4-6-14-12(2)30-19-18(14)25-10-26-20(19)23)13-5-7-16(29-3)15(8-13)21(28)24-9-17(22)27/h4-8,10H,2,9H2,1,3H3,(H2,22,27)(H,24,28)(H2,23,25,26)/b11-4+,14-6+. The van der Waals surface area contributed by atoms with Crippen LogP contribution in [-0.2, 0) is 4.79 Å². The fraction of sp³-hybridized carbons (Fsp3) is 0.143. The van der Waals surface area contributed by atoms with E-state index in [9.17, 15) is 9.59 Å². The van der Waals surface area contributed by atoms with Crippen LogP contribution in [0, 0.1) is 0 Å². The smallest absolute Gasteiger partial charge is 0.255 e. The molecule has 2 amide bonds. The molecule has 0 aliphatic rings. The number of nitrogens with one attached hydrogen (secondary N) is 1. The van der Waals surface area contributed by atoms with E-state index in [1.165, 1.54) is 24.8 Å². The minimum Gasteiger partial charge on any atom is -0.496 e. The molecule has 0 atom stereocenters. The van der Waals surface area contributed by atoms with E-state index in [0.717, 1.165) is 31.1 Å². The zero-order chi connectivity index (χ0) is 21.8. The van der Waals surface area contributed by atoms with Crippen LogP contribution in [-0.4, -0.2) is 35.4 Å². The zero-order valence-corrected chi connectivity index (χ0v) is 17.4. The van der Waals surface area contributed by atoms with Gasteiger partial charge in [0.05, 0.1) is 29.4 Å². The van der Waals surface area contributed by atoms with E-state index in [1.807, 2.05) is 25.1 Å². The average Bonchev–Trinajstić information content (AvgIpc) is 3.06. The molecular weight excluding hydrogens is 402 g/mol. The summed E-state index contributed by atoms with van der Waals surface area (Å²) in [5.41, 5.74) is 13.8. The van der Waals surface area contributed by atoms with E-state index >= 15 is 0 Å². The molecule has 3 aromatic rings. The highest BCUT2D eigenvalue weighted by Crippen LogP contribution is 2.24. The fourth-order valence-electron chi connectivity index (χ4n) is 2.86. The molecule has 3 rings (SSSR count). The number of benzene rings is 1. The second-order valence-corrected chi connectivity index (χ2v) is 7.56. The van der Waals surface area contributed by atoms with Crippen LogP contribution in [0.15, 0.2) is 30.6 Å². The number of aromatic nitrogens is 2.